The average Bonchev–Trinajstić information content (AvgIpc) is 3.17. The molecule has 2 N–H and O–H groups in total. The lowest BCUT2D eigenvalue weighted by molar-refractivity contribution is -0.154. The van der Waals surface area contributed by atoms with Crippen LogP contribution >= 0.6 is 11.6 Å². The van der Waals surface area contributed by atoms with Crippen LogP contribution < -0.4 is 15.4 Å². The van der Waals surface area contributed by atoms with Gasteiger partial charge in [0, 0.05) is 30.5 Å². The van der Waals surface area contributed by atoms with E-state index in [9.17, 15) is 23.2 Å². The number of amides is 1. The van der Waals surface area contributed by atoms with Crippen LogP contribution in [0.1, 0.15) is 39.2 Å². The molecule has 2 aromatic heterocycles. The van der Waals surface area contributed by atoms with E-state index in [0.29, 0.717) is 12.8 Å². The number of benzene rings is 1. The molecule has 222 valence electrons. The van der Waals surface area contributed by atoms with Gasteiger partial charge in [-0.15, -0.1) is 0 Å². The Morgan fingerprint density at radius 2 is 1.86 bits per heavy atom. The van der Waals surface area contributed by atoms with E-state index in [0.717, 1.165) is 0 Å². The minimum absolute atomic E-state index is 0.00885. The maximum absolute atomic E-state index is 16.1. The van der Waals surface area contributed by atoms with Crippen molar-refractivity contribution in [1.29, 1.82) is 5.26 Å². The third kappa shape index (κ3) is 5.78. The van der Waals surface area contributed by atoms with Gasteiger partial charge in [0.15, 0.2) is 12.4 Å². The number of halogens is 5. The lowest BCUT2D eigenvalue weighted by Gasteiger charge is -2.42. The monoisotopic (exact) mass is 607 g/mol. The molecule has 2 fully saturated rings. The number of rotatable bonds is 4. The second-order valence-electron chi connectivity index (χ2n) is 11.1. The van der Waals surface area contributed by atoms with Crippen LogP contribution in [0.5, 0.6) is 6.01 Å². The normalized spacial score (nSPS) is 18.7. The highest BCUT2D eigenvalue weighted by Gasteiger charge is 2.45. The van der Waals surface area contributed by atoms with Crippen LogP contribution in [0.3, 0.4) is 0 Å². The number of carbonyl (C=O) groups excluding carboxylic acids is 1. The van der Waals surface area contributed by atoms with Gasteiger partial charge in [-0.25, -0.2) is 9.18 Å². The zero-order valence-electron chi connectivity index (χ0n) is 22.8. The standard InChI is InChI=1S/C27H26ClF4N7O3/c1-26(2,3)42-25(40)39-15-4-5-16(39)11-38(10-15)23-18-9-35-21(17-7-14(34)6-13(8-33)19(17)28)20(29)22(18)36-24(37-23)41-12-27(30,31)32/h6-7,9,15-16H,4-5,10-12,34H2,1-3H3/t15-,16+. The Hall–Kier alpha value is -4.12. The number of alkyl halides is 3. The third-order valence-electron chi connectivity index (χ3n) is 6.87. The summed E-state index contributed by atoms with van der Waals surface area (Å²) in [7, 11) is 0. The quantitative estimate of drug-likeness (QED) is 0.303. The highest BCUT2D eigenvalue weighted by atomic mass is 35.5. The number of anilines is 2. The van der Waals surface area contributed by atoms with Crippen LogP contribution in [-0.2, 0) is 4.74 Å². The molecule has 0 radical (unpaired) electrons. The van der Waals surface area contributed by atoms with Crippen LogP contribution in [-0.4, -0.2) is 69.5 Å². The number of hydrogen-bond donors (Lipinski definition) is 1. The van der Waals surface area contributed by atoms with E-state index in [-0.39, 0.29) is 69.4 Å². The summed E-state index contributed by atoms with van der Waals surface area (Å²) < 4.78 is 65.5. The van der Waals surface area contributed by atoms with E-state index >= 15 is 4.39 Å². The zero-order valence-corrected chi connectivity index (χ0v) is 23.6. The number of piperazine rings is 1. The fourth-order valence-electron chi connectivity index (χ4n) is 5.25. The Morgan fingerprint density at radius 3 is 2.45 bits per heavy atom. The molecule has 4 heterocycles. The summed E-state index contributed by atoms with van der Waals surface area (Å²) in [6, 6.07) is 3.30. The molecule has 2 aliphatic heterocycles. The molecule has 42 heavy (non-hydrogen) atoms. The summed E-state index contributed by atoms with van der Waals surface area (Å²) in [5, 5.41) is 9.39. The van der Waals surface area contributed by atoms with Gasteiger partial charge in [-0.05, 0) is 45.7 Å². The second kappa shape index (κ2) is 10.6. The first kappa shape index (κ1) is 29.4. The van der Waals surface area contributed by atoms with Crippen LogP contribution in [0.4, 0.5) is 33.9 Å². The fourth-order valence-corrected chi connectivity index (χ4v) is 5.49. The number of aromatic nitrogens is 3. The summed E-state index contributed by atoms with van der Waals surface area (Å²) in [4.78, 5) is 28.7. The Labute approximate surface area is 243 Å². The maximum atomic E-state index is 16.1. The fraction of sp³-hybridized carbons (Fsp3) is 0.444. The summed E-state index contributed by atoms with van der Waals surface area (Å²) in [5.41, 5.74) is 4.64. The second-order valence-corrected chi connectivity index (χ2v) is 11.5. The number of fused-ring (bicyclic) bond motifs is 3. The minimum atomic E-state index is -4.69. The third-order valence-corrected chi connectivity index (χ3v) is 7.27. The molecule has 5 rings (SSSR count). The number of hydrogen-bond acceptors (Lipinski definition) is 9. The molecule has 0 unspecified atom stereocenters. The van der Waals surface area contributed by atoms with Gasteiger partial charge < -0.3 is 20.1 Å². The van der Waals surface area contributed by atoms with Gasteiger partial charge in [0.1, 0.15) is 28.7 Å². The zero-order chi connectivity index (χ0) is 30.6. The van der Waals surface area contributed by atoms with Crippen molar-refractivity contribution >= 4 is 40.1 Å². The lowest BCUT2D eigenvalue weighted by atomic mass is 10.0. The van der Waals surface area contributed by atoms with Crippen molar-refractivity contribution in [1.82, 2.24) is 19.9 Å². The predicted molar refractivity (Wildman–Crippen MR) is 146 cm³/mol. The molecular formula is C27H26ClF4N7O3. The first-order chi connectivity index (χ1) is 19.6. The average molecular weight is 608 g/mol. The van der Waals surface area contributed by atoms with Crippen molar-refractivity contribution in [3.8, 4) is 23.3 Å². The largest absolute Gasteiger partial charge is 0.454 e. The molecule has 2 aliphatic rings. The smallest absolute Gasteiger partial charge is 0.422 e. The molecule has 0 saturated carbocycles. The number of carbonyl (C=O) groups is 1. The Bertz CT molecular complexity index is 1590. The molecule has 0 spiro atoms. The first-order valence-corrected chi connectivity index (χ1v) is 13.3. The number of nitrogens with two attached hydrogens (primary N) is 1. The molecule has 3 aromatic rings. The van der Waals surface area contributed by atoms with Gasteiger partial charge in [0.25, 0.3) is 0 Å². The molecular weight excluding hydrogens is 582 g/mol. The highest BCUT2D eigenvalue weighted by Crippen LogP contribution is 2.39. The van der Waals surface area contributed by atoms with Crippen molar-refractivity contribution < 1.29 is 31.8 Å². The van der Waals surface area contributed by atoms with Crippen LogP contribution in [0.15, 0.2) is 18.3 Å². The van der Waals surface area contributed by atoms with Crippen molar-refractivity contribution in [3.63, 3.8) is 0 Å². The molecule has 0 aliphatic carbocycles. The van der Waals surface area contributed by atoms with E-state index in [1.807, 2.05) is 6.07 Å². The summed E-state index contributed by atoms with van der Waals surface area (Å²) in [6.07, 6.45) is -2.52. The molecule has 1 amide bonds. The van der Waals surface area contributed by atoms with E-state index in [2.05, 4.69) is 15.0 Å². The number of nitrogen functional groups attached to an aromatic ring is 1. The summed E-state index contributed by atoms with van der Waals surface area (Å²) in [5.74, 6) is -0.910. The topological polar surface area (TPSA) is 130 Å². The Balaban J connectivity index is 1.59. The summed E-state index contributed by atoms with van der Waals surface area (Å²) in [6.45, 7) is 4.14. The predicted octanol–water partition coefficient (Wildman–Crippen LogP) is 5.47. The molecule has 2 saturated heterocycles. The van der Waals surface area contributed by atoms with Gasteiger partial charge in [0.2, 0.25) is 0 Å². The van der Waals surface area contributed by atoms with Crippen molar-refractivity contribution in [2.45, 2.75) is 57.5 Å². The number of nitrogens with zero attached hydrogens (tertiary/aromatic N) is 6. The molecule has 2 bridgehead atoms. The van der Waals surface area contributed by atoms with Crippen molar-refractivity contribution in [3.05, 3.63) is 34.7 Å². The van der Waals surface area contributed by atoms with E-state index < -0.39 is 36.3 Å². The number of nitriles is 1. The van der Waals surface area contributed by atoms with Gasteiger partial charge in [-0.2, -0.15) is 28.4 Å². The molecule has 1 aromatic carbocycles. The Kier molecular flexibility index (Phi) is 7.42. The SMILES string of the molecule is CC(C)(C)OC(=O)N1[C@@H]2CC[C@H]1CN(c1nc(OCC(F)(F)F)nc3c(F)c(-c4cc(N)cc(C#N)c4Cl)ncc13)C2. The number of pyridine rings is 1. The number of ether oxygens (including phenoxy) is 2. The van der Waals surface area contributed by atoms with E-state index in [1.54, 1.807) is 30.6 Å². The van der Waals surface area contributed by atoms with Crippen LogP contribution in [0.2, 0.25) is 5.02 Å². The van der Waals surface area contributed by atoms with Crippen LogP contribution in [0.25, 0.3) is 22.2 Å². The van der Waals surface area contributed by atoms with Crippen molar-refractivity contribution in [2.24, 2.45) is 0 Å². The molecule has 2 atom stereocenters. The van der Waals surface area contributed by atoms with Crippen molar-refractivity contribution in [2.75, 3.05) is 30.3 Å². The van der Waals surface area contributed by atoms with Gasteiger partial charge >= 0.3 is 18.3 Å². The molecule has 10 nitrogen and oxygen atoms in total. The van der Waals surface area contributed by atoms with Gasteiger partial charge in [0.05, 0.1) is 28.1 Å². The highest BCUT2D eigenvalue weighted by molar-refractivity contribution is 6.34. The maximum Gasteiger partial charge on any atom is 0.422 e. The van der Waals surface area contributed by atoms with Gasteiger partial charge in [-0.3, -0.25) is 9.88 Å². The minimum Gasteiger partial charge on any atom is -0.454 e. The molecule has 15 heteroatoms. The van der Waals surface area contributed by atoms with E-state index in [1.165, 1.54) is 18.3 Å². The van der Waals surface area contributed by atoms with Crippen LogP contribution in [0, 0.1) is 17.1 Å². The first-order valence-electron chi connectivity index (χ1n) is 13.0. The summed E-state index contributed by atoms with van der Waals surface area (Å²) >= 11 is 6.32. The Morgan fingerprint density at radius 1 is 1.19 bits per heavy atom. The van der Waals surface area contributed by atoms with Gasteiger partial charge in [-0.1, -0.05) is 11.6 Å². The lowest BCUT2D eigenvalue weighted by Crippen LogP contribution is -2.57. The van der Waals surface area contributed by atoms with E-state index in [4.69, 9.17) is 26.8 Å².